The number of H-pyrrole nitrogens is 1. The van der Waals surface area contributed by atoms with Crippen molar-refractivity contribution in [3.05, 3.63) is 29.7 Å². The maximum absolute atomic E-state index is 12.4. The van der Waals surface area contributed by atoms with Gasteiger partial charge in [0.15, 0.2) is 5.65 Å². The number of aromatic nitrogens is 3. The summed E-state index contributed by atoms with van der Waals surface area (Å²) in [6, 6.07) is 2.26. The predicted molar refractivity (Wildman–Crippen MR) is 116 cm³/mol. The Balaban J connectivity index is 0.000000667. The van der Waals surface area contributed by atoms with Gasteiger partial charge in [-0.2, -0.15) is 5.26 Å². The van der Waals surface area contributed by atoms with E-state index in [1.807, 2.05) is 19.3 Å². The van der Waals surface area contributed by atoms with Crippen LogP contribution in [0.4, 0.5) is 0 Å². The zero-order chi connectivity index (χ0) is 21.1. The van der Waals surface area contributed by atoms with Crippen molar-refractivity contribution in [1.82, 2.24) is 25.2 Å². The molecule has 0 bridgehead atoms. The van der Waals surface area contributed by atoms with Crippen LogP contribution in [0.25, 0.3) is 16.9 Å². The minimum absolute atomic E-state index is 0.00863. The second-order valence-corrected chi connectivity index (χ2v) is 8.83. The van der Waals surface area contributed by atoms with Gasteiger partial charge in [-0.1, -0.05) is 32.3 Å². The second-order valence-electron chi connectivity index (χ2n) is 8.83. The predicted octanol–water partition coefficient (Wildman–Crippen LogP) is 3.72. The van der Waals surface area contributed by atoms with Crippen molar-refractivity contribution >= 4 is 22.8 Å². The van der Waals surface area contributed by atoms with E-state index in [1.165, 1.54) is 32.1 Å². The van der Waals surface area contributed by atoms with E-state index < -0.39 is 5.41 Å². The standard InChI is InChI=1S/C20H24N6O.C3H6/c1-3-4-15(22-9-17(27)26-11-20(2,10-21)12-26)14-7-23-19-18(14)25-16(8-24-19)13-5-6-13;1-2-3-1/h4,7-8,13,22H,3,5-6,9,11-12H2,1-2H3,(H,23,24);1-3H2/b15-4+;. The first-order valence-corrected chi connectivity index (χ1v) is 11.0. The molecule has 3 heterocycles. The summed E-state index contributed by atoms with van der Waals surface area (Å²) >= 11 is 0. The third-order valence-electron chi connectivity index (χ3n) is 5.58. The number of hydrogen-bond acceptors (Lipinski definition) is 5. The number of nitrogens with zero attached hydrogens (tertiary/aromatic N) is 4. The molecule has 5 rings (SSSR count). The highest BCUT2D eigenvalue weighted by atomic mass is 16.2. The van der Waals surface area contributed by atoms with Crippen LogP contribution in [0, 0.1) is 16.7 Å². The van der Waals surface area contributed by atoms with E-state index in [9.17, 15) is 4.79 Å². The highest BCUT2D eigenvalue weighted by molar-refractivity contribution is 5.88. The van der Waals surface area contributed by atoms with Gasteiger partial charge in [0.1, 0.15) is 5.52 Å². The van der Waals surface area contributed by atoms with E-state index in [4.69, 9.17) is 10.2 Å². The van der Waals surface area contributed by atoms with Gasteiger partial charge in [-0.15, -0.1) is 0 Å². The molecule has 3 aliphatic rings. The van der Waals surface area contributed by atoms with Crippen molar-refractivity contribution in [2.75, 3.05) is 19.6 Å². The van der Waals surface area contributed by atoms with Gasteiger partial charge in [0.05, 0.1) is 29.9 Å². The lowest BCUT2D eigenvalue weighted by molar-refractivity contribution is -0.138. The second kappa shape index (κ2) is 8.47. The minimum atomic E-state index is -0.399. The topological polar surface area (TPSA) is 97.7 Å². The number of amides is 1. The fourth-order valence-electron chi connectivity index (χ4n) is 3.49. The lowest BCUT2D eigenvalue weighted by atomic mass is 9.84. The Morgan fingerprint density at radius 3 is 2.73 bits per heavy atom. The summed E-state index contributed by atoms with van der Waals surface area (Å²) < 4.78 is 0. The molecule has 3 fully saturated rings. The molecule has 1 aliphatic heterocycles. The molecule has 0 unspecified atom stereocenters. The number of carbonyl (C=O) groups excluding carboxylic acids is 1. The van der Waals surface area contributed by atoms with Crippen molar-refractivity contribution in [1.29, 1.82) is 5.26 Å². The highest BCUT2D eigenvalue weighted by Gasteiger charge is 2.41. The van der Waals surface area contributed by atoms with Gasteiger partial charge in [0.25, 0.3) is 0 Å². The highest BCUT2D eigenvalue weighted by Crippen LogP contribution is 2.39. The quantitative estimate of drug-likeness (QED) is 0.762. The molecular formula is C23H30N6O. The average molecular weight is 407 g/mol. The molecule has 2 aliphatic carbocycles. The molecule has 158 valence electrons. The van der Waals surface area contributed by atoms with Crippen LogP contribution in [0.3, 0.4) is 0 Å². The zero-order valence-corrected chi connectivity index (χ0v) is 17.9. The van der Waals surface area contributed by atoms with Crippen molar-refractivity contribution < 1.29 is 4.79 Å². The Morgan fingerprint density at radius 2 is 2.13 bits per heavy atom. The monoisotopic (exact) mass is 406 g/mol. The molecule has 7 nitrogen and oxygen atoms in total. The third-order valence-corrected chi connectivity index (χ3v) is 5.58. The molecule has 0 spiro atoms. The lowest BCUT2D eigenvalue weighted by Gasteiger charge is -2.43. The molecule has 1 saturated heterocycles. The molecule has 0 radical (unpaired) electrons. The largest absolute Gasteiger partial charge is 0.376 e. The smallest absolute Gasteiger partial charge is 0.241 e. The van der Waals surface area contributed by atoms with Crippen LogP contribution in [-0.2, 0) is 4.79 Å². The SMILES string of the molecule is C1CC1.CC/C=C(/NCC(=O)N1CC(C)(C#N)C1)c1c[nH]c2ncc(C3CC3)nc12. The molecule has 0 atom stereocenters. The van der Waals surface area contributed by atoms with Crippen LogP contribution in [0.15, 0.2) is 18.5 Å². The Bertz CT molecular complexity index is 986. The number of nitriles is 1. The van der Waals surface area contributed by atoms with Crippen molar-refractivity contribution in [3.8, 4) is 6.07 Å². The van der Waals surface area contributed by atoms with Gasteiger partial charge in [0, 0.05) is 36.5 Å². The van der Waals surface area contributed by atoms with Crippen LogP contribution < -0.4 is 5.32 Å². The number of nitrogens with one attached hydrogen (secondary N) is 2. The number of likely N-dealkylation sites (tertiary alicyclic amines) is 1. The summed E-state index contributed by atoms with van der Waals surface area (Å²) in [6.45, 7) is 5.15. The van der Waals surface area contributed by atoms with E-state index in [0.29, 0.717) is 19.0 Å². The zero-order valence-electron chi connectivity index (χ0n) is 17.9. The van der Waals surface area contributed by atoms with Crippen LogP contribution >= 0.6 is 0 Å². The van der Waals surface area contributed by atoms with E-state index in [-0.39, 0.29) is 12.5 Å². The summed E-state index contributed by atoms with van der Waals surface area (Å²) in [5, 5.41) is 12.4. The fraction of sp³-hybridized carbons (Fsp3) is 0.565. The third kappa shape index (κ3) is 4.64. The summed E-state index contributed by atoms with van der Waals surface area (Å²) in [6.07, 6.45) is 13.5. The number of carbonyl (C=O) groups is 1. The van der Waals surface area contributed by atoms with E-state index in [1.54, 1.807) is 4.90 Å². The van der Waals surface area contributed by atoms with Gasteiger partial charge in [-0.3, -0.25) is 4.79 Å². The van der Waals surface area contributed by atoms with Crippen LogP contribution in [0.2, 0.25) is 0 Å². The molecule has 2 aromatic rings. The minimum Gasteiger partial charge on any atom is -0.376 e. The molecule has 2 N–H and O–H groups in total. The Morgan fingerprint density at radius 1 is 1.40 bits per heavy atom. The fourth-order valence-corrected chi connectivity index (χ4v) is 3.49. The maximum Gasteiger partial charge on any atom is 0.241 e. The van der Waals surface area contributed by atoms with Crippen molar-refractivity contribution in [2.24, 2.45) is 5.41 Å². The summed E-state index contributed by atoms with van der Waals surface area (Å²) in [5.41, 5.74) is 4.09. The van der Waals surface area contributed by atoms with Gasteiger partial charge < -0.3 is 15.2 Å². The van der Waals surface area contributed by atoms with Crippen LogP contribution in [-0.4, -0.2) is 45.4 Å². The summed E-state index contributed by atoms with van der Waals surface area (Å²) in [5.74, 6) is 0.549. The first-order chi connectivity index (χ1) is 14.5. The molecule has 30 heavy (non-hydrogen) atoms. The molecule has 1 amide bonds. The number of aromatic amines is 1. The lowest BCUT2D eigenvalue weighted by Crippen LogP contribution is -2.57. The van der Waals surface area contributed by atoms with E-state index >= 15 is 0 Å². The number of allylic oxidation sites excluding steroid dienone is 1. The van der Waals surface area contributed by atoms with Crippen LogP contribution in [0.5, 0.6) is 0 Å². The Kier molecular flexibility index (Phi) is 5.76. The van der Waals surface area contributed by atoms with Crippen molar-refractivity contribution in [2.45, 2.75) is 58.3 Å². The molecular weight excluding hydrogens is 376 g/mol. The average Bonchev–Trinajstić information content (AvgIpc) is 3.64. The van der Waals surface area contributed by atoms with Gasteiger partial charge in [0.2, 0.25) is 5.91 Å². The van der Waals surface area contributed by atoms with Gasteiger partial charge >= 0.3 is 0 Å². The Labute approximate surface area is 177 Å². The first kappa shape index (κ1) is 20.4. The normalized spacial score (nSPS) is 19.4. The molecule has 0 aromatic carbocycles. The molecule has 2 saturated carbocycles. The van der Waals surface area contributed by atoms with Gasteiger partial charge in [-0.05, 0) is 26.2 Å². The number of fused-ring (bicyclic) bond motifs is 1. The summed E-state index contributed by atoms with van der Waals surface area (Å²) in [4.78, 5) is 26.6. The van der Waals surface area contributed by atoms with E-state index in [0.717, 1.165) is 34.5 Å². The molecule has 2 aromatic heterocycles. The summed E-state index contributed by atoms with van der Waals surface area (Å²) in [7, 11) is 0. The van der Waals surface area contributed by atoms with Crippen molar-refractivity contribution in [3.63, 3.8) is 0 Å². The molecule has 7 heteroatoms. The first-order valence-electron chi connectivity index (χ1n) is 11.0. The van der Waals surface area contributed by atoms with Gasteiger partial charge in [-0.25, -0.2) is 9.97 Å². The Hall–Kier alpha value is -2.88. The maximum atomic E-state index is 12.4. The number of hydrogen-bond donors (Lipinski definition) is 2. The van der Waals surface area contributed by atoms with E-state index in [2.05, 4.69) is 34.4 Å². The van der Waals surface area contributed by atoms with Crippen LogP contribution in [0.1, 0.15) is 69.5 Å². The number of rotatable bonds is 6.